The number of benzene rings is 1. The number of halogens is 1. The molecule has 110 valence electrons. The molecule has 1 heterocycles. The summed E-state index contributed by atoms with van der Waals surface area (Å²) in [5.74, 6) is 0. The van der Waals surface area contributed by atoms with Gasteiger partial charge in [0.25, 0.3) is 0 Å². The van der Waals surface area contributed by atoms with Crippen molar-refractivity contribution in [2.45, 2.75) is 26.3 Å². The van der Waals surface area contributed by atoms with Crippen LogP contribution >= 0.6 is 15.9 Å². The summed E-state index contributed by atoms with van der Waals surface area (Å²) in [6, 6.07) is 7.89. The van der Waals surface area contributed by atoms with Crippen LogP contribution in [0.1, 0.15) is 25.3 Å². The summed E-state index contributed by atoms with van der Waals surface area (Å²) in [6.07, 6.45) is 1.71. The first-order chi connectivity index (χ1) is 9.52. The summed E-state index contributed by atoms with van der Waals surface area (Å²) in [5, 5.41) is 12.3. The molecule has 0 spiro atoms. The maximum Gasteiger partial charge on any atom is 0.317 e. The van der Waals surface area contributed by atoms with Crippen LogP contribution in [0.4, 0.5) is 4.79 Å². The largest absolute Gasteiger partial charge is 0.396 e. The number of likely N-dealkylation sites (tertiary alicyclic amines) is 1. The molecular weight excluding hydrogens is 320 g/mol. The number of hydrogen-bond acceptors (Lipinski definition) is 2. The minimum absolute atomic E-state index is 0.0205. The van der Waals surface area contributed by atoms with Crippen LogP contribution in [0.5, 0.6) is 0 Å². The first-order valence-electron chi connectivity index (χ1n) is 6.90. The third kappa shape index (κ3) is 3.96. The highest BCUT2D eigenvalue weighted by Crippen LogP contribution is 2.29. The molecule has 1 saturated heterocycles. The lowest BCUT2D eigenvalue weighted by atomic mass is 9.81. The smallest absolute Gasteiger partial charge is 0.317 e. The van der Waals surface area contributed by atoms with Crippen LogP contribution in [0.15, 0.2) is 28.7 Å². The quantitative estimate of drug-likeness (QED) is 0.888. The molecule has 4 nitrogen and oxygen atoms in total. The van der Waals surface area contributed by atoms with E-state index in [0.717, 1.165) is 22.9 Å². The van der Waals surface area contributed by atoms with E-state index in [-0.39, 0.29) is 18.1 Å². The van der Waals surface area contributed by atoms with E-state index in [9.17, 15) is 9.90 Å². The van der Waals surface area contributed by atoms with Crippen LogP contribution in [0.25, 0.3) is 0 Å². The summed E-state index contributed by atoms with van der Waals surface area (Å²) in [5.41, 5.74) is 1.06. The molecule has 2 N–H and O–H groups in total. The number of nitrogens with one attached hydrogen (secondary N) is 1. The van der Waals surface area contributed by atoms with Crippen molar-refractivity contribution >= 4 is 22.0 Å². The van der Waals surface area contributed by atoms with Gasteiger partial charge in [-0.2, -0.15) is 0 Å². The van der Waals surface area contributed by atoms with E-state index in [1.54, 1.807) is 0 Å². The molecule has 1 aliphatic rings. The Morgan fingerprint density at radius 2 is 1.95 bits per heavy atom. The van der Waals surface area contributed by atoms with Crippen LogP contribution in [-0.4, -0.2) is 35.7 Å². The Hall–Kier alpha value is -1.07. The van der Waals surface area contributed by atoms with Crippen molar-refractivity contribution < 1.29 is 9.90 Å². The van der Waals surface area contributed by atoms with Crippen LogP contribution in [0.3, 0.4) is 0 Å². The topological polar surface area (TPSA) is 52.6 Å². The lowest BCUT2D eigenvalue weighted by Crippen LogP contribution is -2.47. The fourth-order valence-electron chi connectivity index (χ4n) is 2.30. The molecular formula is C15H21BrN2O2. The van der Waals surface area contributed by atoms with Gasteiger partial charge in [-0.1, -0.05) is 35.0 Å². The van der Waals surface area contributed by atoms with Gasteiger partial charge in [0.2, 0.25) is 0 Å². The molecule has 1 fully saturated rings. The molecule has 1 aromatic carbocycles. The van der Waals surface area contributed by atoms with E-state index in [1.807, 2.05) is 29.2 Å². The Kier molecular flexibility index (Phi) is 5.05. The third-order valence-corrected chi connectivity index (χ3v) is 4.53. The normalized spacial score (nSPS) is 17.9. The van der Waals surface area contributed by atoms with Crippen molar-refractivity contribution in [3.05, 3.63) is 34.3 Å². The van der Waals surface area contributed by atoms with Gasteiger partial charge in [-0.3, -0.25) is 0 Å². The van der Waals surface area contributed by atoms with Gasteiger partial charge in [0.15, 0.2) is 0 Å². The van der Waals surface area contributed by atoms with Crippen LogP contribution in [0.2, 0.25) is 0 Å². The van der Waals surface area contributed by atoms with Crippen molar-refractivity contribution in [2.24, 2.45) is 5.41 Å². The lowest BCUT2D eigenvalue weighted by molar-refractivity contribution is 0.0700. The van der Waals surface area contributed by atoms with Crippen molar-refractivity contribution in [1.29, 1.82) is 0 Å². The number of piperidine rings is 1. The maximum atomic E-state index is 12.1. The summed E-state index contributed by atoms with van der Waals surface area (Å²) in [7, 11) is 0. The Morgan fingerprint density at radius 1 is 1.35 bits per heavy atom. The number of amides is 2. The van der Waals surface area contributed by atoms with E-state index in [0.29, 0.717) is 19.6 Å². The number of rotatable bonds is 3. The Labute approximate surface area is 128 Å². The second kappa shape index (κ2) is 6.59. The van der Waals surface area contributed by atoms with Crippen LogP contribution in [-0.2, 0) is 6.54 Å². The fraction of sp³-hybridized carbons (Fsp3) is 0.533. The molecule has 20 heavy (non-hydrogen) atoms. The first kappa shape index (κ1) is 15.3. The van der Waals surface area contributed by atoms with Crippen molar-refractivity contribution in [3.63, 3.8) is 0 Å². The van der Waals surface area contributed by atoms with Gasteiger partial charge in [0.05, 0.1) is 0 Å². The van der Waals surface area contributed by atoms with Gasteiger partial charge in [-0.15, -0.1) is 0 Å². The standard InChI is InChI=1S/C15H21BrN2O2/c1-15(11-19)6-8-18(9-7-15)14(20)17-10-12-2-4-13(16)5-3-12/h2-5,19H,6-11H2,1H3,(H,17,20). The second-order valence-corrected chi connectivity index (χ2v) is 6.66. The molecule has 0 bridgehead atoms. The van der Waals surface area contributed by atoms with E-state index in [4.69, 9.17) is 0 Å². The minimum atomic E-state index is -0.0253. The number of urea groups is 1. The zero-order valence-corrected chi connectivity index (χ0v) is 13.3. The van der Waals surface area contributed by atoms with Crippen molar-refractivity contribution in [1.82, 2.24) is 10.2 Å². The number of nitrogens with zero attached hydrogens (tertiary/aromatic N) is 1. The third-order valence-electron chi connectivity index (χ3n) is 4.00. The Bertz CT molecular complexity index is 453. The molecule has 1 aliphatic heterocycles. The number of aliphatic hydroxyl groups is 1. The highest BCUT2D eigenvalue weighted by atomic mass is 79.9. The first-order valence-corrected chi connectivity index (χ1v) is 7.70. The van der Waals surface area contributed by atoms with Crippen molar-refractivity contribution in [3.8, 4) is 0 Å². The zero-order valence-electron chi connectivity index (χ0n) is 11.7. The lowest BCUT2D eigenvalue weighted by Gasteiger charge is -2.38. The van der Waals surface area contributed by atoms with Crippen LogP contribution < -0.4 is 5.32 Å². The summed E-state index contributed by atoms with van der Waals surface area (Å²) in [4.78, 5) is 13.9. The summed E-state index contributed by atoms with van der Waals surface area (Å²) in [6.45, 7) is 4.23. The zero-order chi connectivity index (χ0) is 14.6. The van der Waals surface area contributed by atoms with Crippen molar-refractivity contribution in [2.75, 3.05) is 19.7 Å². The number of aliphatic hydroxyl groups excluding tert-OH is 1. The monoisotopic (exact) mass is 340 g/mol. The molecule has 1 aromatic rings. The number of hydrogen-bond donors (Lipinski definition) is 2. The Morgan fingerprint density at radius 3 is 2.50 bits per heavy atom. The average molecular weight is 341 g/mol. The highest BCUT2D eigenvalue weighted by Gasteiger charge is 2.31. The fourth-order valence-corrected chi connectivity index (χ4v) is 2.56. The van der Waals surface area contributed by atoms with E-state index in [1.165, 1.54) is 0 Å². The van der Waals surface area contributed by atoms with E-state index >= 15 is 0 Å². The minimum Gasteiger partial charge on any atom is -0.396 e. The molecule has 0 aliphatic carbocycles. The van der Waals surface area contributed by atoms with Gasteiger partial charge in [0.1, 0.15) is 0 Å². The molecule has 0 aromatic heterocycles. The van der Waals surface area contributed by atoms with Crippen LogP contribution in [0, 0.1) is 5.41 Å². The van der Waals surface area contributed by atoms with Gasteiger partial charge in [-0.25, -0.2) is 4.79 Å². The van der Waals surface area contributed by atoms with Gasteiger partial charge < -0.3 is 15.3 Å². The molecule has 0 atom stereocenters. The maximum absolute atomic E-state index is 12.1. The van der Waals surface area contributed by atoms with Gasteiger partial charge in [0, 0.05) is 30.7 Å². The predicted molar refractivity (Wildman–Crippen MR) is 82.4 cm³/mol. The number of carbonyl (C=O) groups excluding carboxylic acids is 1. The summed E-state index contributed by atoms with van der Waals surface area (Å²) >= 11 is 3.39. The molecule has 0 saturated carbocycles. The highest BCUT2D eigenvalue weighted by molar-refractivity contribution is 9.10. The van der Waals surface area contributed by atoms with E-state index in [2.05, 4.69) is 28.2 Å². The van der Waals surface area contributed by atoms with Gasteiger partial charge in [-0.05, 0) is 36.0 Å². The molecule has 0 unspecified atom stereocenters. The average Bonchev–Trinajstić information content (AvgIpc) is 2.47. The SMILES string of the molecule is CC1(CO)CCN(C(=O)NCc2ccc(Br)cc2)CC1. The second-order valence-electron chi connectivity index (χ2n) is 5.74. The molecule has 5 heteroatoms. The van der Waals surface area contributed by atoms with E-state index < -0.39 is 0 Å². The number of carbonyl (C=O) groups is 1. The molecule has 2 amide bonds. The Balaban J connectivity index is 1.80. The predicted octanol–water partition coefficient (Wildman–Crippen LogP) is 2.75. The van der Waals surface area contributed by atoms with Gasteiger partial charge >= 0.3 is 6.03 Å². The summed E-state index contributed by atoms with van der Waals surface area (Å²) < 4.78 is 1.03. The molecule has 0 radical (unpaired) electrons. The molecule has 2 rings (SSSR count).